The summed E-state index contributed by atoms with van der Waals surface area (Å²) >= 11 is 3.26. The topological polar surface area (TPSA) is 54.5 Å². The molecule has 0 aliphatic heterocycles. The third kappa shape index (κ3) is 2.05. The van der Waals surface area contributed by atoms with Gasteiger partial charge >= 0.3 is 0 Å². The van der Waals surface area contributed by atoms with E-state index in [0.29, 0.717) is 11.4 Å². The van der Waals surface area contributed by atoms with Gasteiger partial charge < -0.3 is 0 Å². The molecule has 0 unspecified atom stereocenters. The number of rotatable bonds is 1. The third-order valence-corrected chi connectivity index (χ3v) is 2.28. The first kappa shape index (κ1) is 9.87. The monoisotopic (exact) mass is 262 g/mol. The molecule has 2 rings (SSSR count). The van der Waals surface area contributed by atoms with E-state index in [2.05, 4.69) is 32.1 Å². The zero-order chi connectivity index (χ0) is 10.8. The number of aromatic nitrogens is 3. The molecule has 0 radical (unpaired) electrons. The Kier molecular flexibility index (Phi) is 2.52. The molecule has 2 heterocycles. The molecule has 0 atom stereocenters. The lowest BCUT2D eigenvalue weighted by Crippen LogP contribution is -2.00. The summed E-state index contributed by atoms with van der Waals surface area (Å²) in [5.41, 5.74) is 1.39. The van der Waals surface area contributed by atoms with Crippen molar-refractivity contribution < 1.29 is 0 Å². The van der Waals surface area contributed by atoms with Crippen LogP contribution >= 0.6 is 15.9 Å². The number of hydrogen-bond donors (Lipinski definition) is 0. The summed E-state index contributed by atoms with van der Waals surface area (Å²) < 4.78 is 2.36. The Morgan fingerprint density at radius 3 is 2.87 bits per heavy atom. The van der Waals surface area contributed by atoms with Gasteiger partial charge in [-0.1, -0.05) is 0 Å². The highest BCUT2D eigenvalue weighted by atomic mass is 79.9. The van der Waals surface area contributed by atoms with E-state index in [9.17, 15) is 0 Å². The first-order chi connectivity index (χ1) is 7.19. The second-order valence-corrected chi connectivity index (χ2v) is 3.86. The average molecular weight is 263 g/mol. The van der Waals surface area contributed by atoms with Gasteiger partial charge in [0.15, 0.2) is 5.82 Å². The third-order valence-electron chi connectivity index (χ3n) is 1.86. The van der Waals surface area contributed by atoms with Crippen molar-refractivity contribution in [2.45, 2.75) is 6.92 Å². The molecule has 0 N–H and O–H groups in total. The van der Waals surface area contributed by atoms with Gasteiger partial charge in [-0.15, -0.1) is 0 Å². The number of aryl methyl sites for hydroxylation is 1. The van der Waals surface area contributed by atoms with Crippen molar-refractivity contribution in [3.8, 4) is 11.9 Å². The lowest BCUT2D eigenvalue weighted by atomic mass is 10.2. The van der Waals surface area contributed by atoms with Gasteiger partial charge in [-0.3, -0.25) is 0 Å². The van der Waals surface area contributed by atoms with Gasteiger partial charge in [-0.05, 0) is 35.0 Å². The van der Waals surface area contributed by atoms with Crippen molar-refractivity contribution in [2.75, 3.05) is 0 Å². The van der Waals surface area contributed by atoms with Crippen molar-refractivity contribution in [1.29, 1.82) is 5.26 Å². The second kappa shape index (κ2) is 3.83. The van der Waals surface area contributed by atoms with Crippen LogP contribution in [-0.2, 0) is 0 Å². The van der Waals surface area contributed by atoms with Crippen LogP contribution in [0.15, 0.2) is 29.0 Å². The zero-order valence-electron chi connectivity index (χ0n) is 7.98. The molecule has 0 saturated heterocycles. The van der Waals surface area contributed by atoms with Crippen molar-refractivity contribution >= 4 is 15.9 Å². The fourth-order valence-corrected chi connectivity index (χ4v) is 1.55. The fraction of sp³-hybridized carbons (Fsp3) is 0.100. The van der Waals surface area contributed by atoms with Gasteiger partial charge in [0.25, 0.3) is 0 Å². The predicted octanol–water partition coefficient (Wildman–Crippen LogP) is 2.21. The van der Waals surface area contributed by atoms with E-state index in [4.69, 9.17) is 5.26 Å². The van der Waals surface area contributed by atoms with Crippen LogP contribution in [0.1, 0.15) is 11.3 Å². The number of halogens is 1. The van der Waals surface area contributed by atoms with Crippen LogP contribution < -0.4 is 0 Å². The summed E-state index contributed by atoms with van der Waals surface area (Å²) in [6.07, 6.45) is 1.78. The Balaban J connectivity index is 2.54. The number of nitrogens with zero attached hydrogens (tertiary/aromatic N) is 4. The lowest BCUT2D eigenvalue weighted by Gasteiger charge is -2.01. The fourth-order valence-electron chi connectivity index (χ4n) is 1.26. The summed E-state index contributed by atoms with van der Waals surface area (Å²) in [6, 6.07) is 7.35. The van der Waals surface area contributed by atoms with Crippen LogP contribution in [0.2, 0.25) is 0 Å². The molecule has 5 heteroatoms. The standard InChI is InChI=1S/C10H7BrN4/c1-7-4-8(6-12)5-10(13-7)15-3-2-9(11)14-15/h2-5H,1H3. The molecule has 0 aromatic carbocycles. The lowest BCUT2D eigenvalue weighted by molar-refractivity contribution is 0.832. The Labute approximate surface area is 95.3 Å². The molecule has 0 saturated carbocycles. The van der Waals surface area contributed by atoms with E-state index in [-0.39, 0.29) is 0 Å². The van der Waals surface area contributed by atoms with Crippen LogP contribution in [-0.4, -0.2) is 14.8 Å². The molecular weight excluding hydrogens is 256 g/mol. The molecule has 0 spiro atoms. The molecule has 4 nitrogen and oxygen atoms in total. The Morgan fingerprint density at radius 2 is 2.27 bits per heavy atom. The minimum atomic E-state index is 0.587. The minimum Gasteiger partial charge on any atom is -0.234 e. The second-order valence-electron chi connectivity index (χ2n) is 3.05. The molecule has 74 valence electrons. The van der Waals surface area contributed by atoms with Gasteiger partial charge in [-0.25, -0.2) is 9.67 Å². The van der Waals surface area contributed by atoms with Gasteiger partial charge in [0.2, 0.25) is 0 Å². The predicted molar refractivity (Wildman–Crippen MR) is 58.5 cm³/mol. The SMILES string of the molecule is Cc1cc(C#N)cc(-n2ccc(Br)n2)n1. The van der Waals surface area contributed by atoms with Gasteiger partial charge in [0.1, 0.15) is 4.60 Å². The Bertz CT molecular complexity index is 539. The largest absolute Gasteiger partial charge is 0.234 e. The summed E-state index contributed by atoms with van der Waals surface area (Å²) in [4.78, 5) is 4.29. The van der Waals surface area contributed by atoms with Gasteiger partial charge in [-0.2, -0.15) is 10.4 Å². The molecule has 0 fully saturated rings. The number of hydrogen-bond acceptors (Lipinski definition) is 3. The first-order valence-corrected chi connectivity index (χ1v) is 5.08. The maximum Gasteiger partial charge on any atom is 0.154 e. The molecule has 0 bridgehead atoms. The molecular formula is C10H7BrN4. The van der Waals surface area contributed by atoms with E-state index in [1.807, 2.05) is 13.0 Å². The molecule has 0 aliphatic carbocycles. The minimum absolute atomic E-state index is 0.587. The van der Waals surface area contributed by atoms with Gasteiger partial charge in [0, 0.05) is 18.0 Å². The van der Waals surface area contributed by atoms with E-state index in [1.165, 1.54) is 0 Å². The highest BCUT2D eigenvalue weighted by molar-refractivity contribution is 9.10. The molecule has 15 heavy (non-hydrogen) atoms. The summed E-state index contributed by atoms with van der Waals surface area (Å²) in [5.74, 6) is 0.650. The molecule has 0 aliphatic rings. The smallest absolute Gasteiger partial charge is 0.154 e. The van der Waals surface area contributed by atoms with E-state index in [0.717, 1.165) is 10.3 Å². The maximum absolute atomic E-state index is 8.82. The number of pyridine rings is 1. The van der Waals surface area contributed by atoms with Crippen LogP contribution in [0.25, 0.3) is 5.82 Å². The Morgan fingerprint density at radius 1 is 1.47 bits per heavy atom. The summed E-state index contributed by atoms with van der Waals surface area (Å²) in [7, 11) is 0. The van der Waals surface area contributed by atoms with Crippen LogP contribution in [0.4, 0.5) is 0 Å². The molecule has 2 aromatic rings. The van der Waals surface area contributed by atoms with Crippen molar-refractivity contribution in [3.05, 3.63) is 40.3 Å². The van der Waals surface area contributed by atoms with Crippen LogP contribution in [0.3, 0.4) is 0 Å². The Hall–Kier alpha value is -1.67. The molecule has 2 aromatic heterocycles. The van der Waals surface area contributed by atoms with Gasteiger partial charge in [0.05, 0.1) is 11.6 Å². The highest BCUT2D eigenvalue weighted by Gasteiger charge is 2.03. The zero-order valence-corrected chi connectivity index (χ0v) is 9.56. The van der Waals surface area contributed by atoms with E-state index in [1.54, 1.807) is 23.0 Å². The maximum atomic E-state index is 8.82. The molecule has 0 amide bonds. The normalized spacial score (nSPS) is 9.93. The van der Waals surface area contributed by atoms with Crippen LogP contribution in [0, 0.1) is 18.3 Å². The van der Waals surface area contributed by atoms with Crippen molar-refractivity contribution in [1.82, 2.24) is 14.8 Å². The number of nitriles is 1. The average Bonchev–Trinajstić information content (AvgIpc) is 2.64. The first-order valence-electron chi connectivity index (χ1n) is 4.29. The van der Waals surface area contributed by atoms with Crippen LogP contribution in [0.5, 0.6) is 0 Å². The highest BCUT2D eigenvalue weighted by Crippen LogP contribution is 2.11. The summed E-state index contributed by atoms with van der Waals surface area (Å²) in [5, 5.41) is 13.0. The van der Waals surface area contributed by atoms with E-state index >= 15 is 0 Å². The van der Waals surface area contributed by atoms with E-state index < -0.39 is 0 Å². The van der Waals surface area contributed by atoms with Crippen molar-refractivity contribution in [2.24, 2.45) is 0 Å². The van der Waals surface area contributed by atoms with Crippen molar-refractivity contribution in [3.63, 3.8) is 0 Å². The summed E-state index contributed by atoms with van der Waals surface area (Å²) in [6.45, 7) is 1.85. The quantitative estimate of drug-likeness (QED) is 0.792.